The van der Waals surface area contributed by atoms with Gasteiger partial charge in [-0.2, -0.15) is 11.3 Å². The fourth-order valence-electron chi connectivity index (χ4n) is 1.89. The molecule has 2 heterocycles. The molecule has 0 atom stereocenters. The van der Waals surface area contributed by atoms with Gasteiger partial charge in [0.25, 0.3) is 5.91 Å². The van der Waals surface area contributed by atoms with Gasteiger partial charge in [-0.25, -0.2) is 4.98 Å². The summed E-state index contributed by atoms with van der Waals surface area (Å²) in [6.45, 7) is 4.66. The molecule has 1 amide bonds. The van der Waals surface area contributed by atoms with Crippen LogP contribution in [0.2, 0.25) is 5.15 Å². The van der Waals surface area contributed by atoms with Crippen molar-refractivity contribution in [2.75, 3.05) is 7.05 Å². The summed E-state index contributed by atoms with van der Waals surface area (Å²) in [4.78, 5) is 18.4. The number of pyridine rings is 1. The van der Waals surface area contributed by atoms with Crippen LogP contribution < -0.4 is 0 Å². The van der Waals surface area contributed by atoms with E-state index in [2.05, 4.69) is 4.98 Å². The van der Waals surface area contributed by atoms with Gasteiger partial charge in [0.1, 0.15) is 5.15 Å². The third kappa shape index (κ3) is 3.58. The quantitative estimate of drug-likeness (QED) is 0.793. The summed E-state index contributed by atoms with van der Waals surface area (Å²) in [5, 5.41) is 4.42. The number of halogens is 1. The number of aromatic nitrogens is 1. The number of nitrogens with zero attached hydrogens (tertiary/aromatic N) is 2. The van der Waals surface area contributed by atoms with Crippen molar-refractivity contribution in [2.45, 2.75) is 26.3 Å². The largest absolute Gasteiger partial charge is 0.337 e. The number of amides is 1. The van der Waals surface area contributed by atoms with E-state index >= 15 is 0 Å². The van der Waals surface area contributed by atoms with Crippen LogP contribution in [-0.4, -0.2) is 22.8 Å². The Morgan fingerprint density at radius 1 is 1.45 bits per heavy atom. The molecule has 0 unspecified atom stereocenters. The minimum atomic E-state index is -0.0394. The van der Waals surface area contributed by atoms with E-state index in [4.69, 9.17) is 11.6 Å². The van der Waals surface area contributed by atoms with Gasteiger partial charge in [-0.1, -0.05) is 25.4 Å². The molecule has 2 aromatic heterocycles. The third-order valence-corrected chi connectivity index (χ3v) is 3.92. The van der Waals surface area contributed by atoms with E-state index in [1.54, 1.807) is 29.4 Å². The van der Waals surface area contributed by atoms with Crippen LogP contribution in [0.15, 0.2) is 29.0 Å². The maximum atomic E-state index is 12.4. The highest BCUT2D eigenvalue weighted by atomic mass is 35.5. The average molecular weight is 309 g/mol. The zero-order valence-electron chi connectivity index (χ0n) is 11.8. The van der Waals surface area contributed by atoms with Crippen LogP contribution in [0, 0.1) is 0 Å². The maximum absolute atomic E-state index is 12.4. The van der Waals surface area contributed by atoms with E-state index in [9.17, 15) is 4.79 Å². The fourth-order valence-corrected chi connectivity index (χ4v) is 2.76. The Hall–Kier alpha value is -1.39. The van der Waals surface area contributed by atoms with Gasteiger partial charge in [-0.15, -0.1) is 0 Å². The van der Waals surface area contributed by atoms with Gasteiger partial charge in [0.05, 0.1) is 0 Å². The Morgan fingerprint density at radius 2 is 2.20 bits per heavy atom. The Balaban J connectivity index is 2.19. The van der Waals surface area contributed by atoms with Crippen molar-refractivity contribution in [2.24, 2.45) is 0 Å². The average Bonchev–Trinajstić information content (AvgIpc) is 2.89. The molecule has 0 spiro atoms. The molecule has 3 nitrogen and oxygen atoms in total. The molecule has 5 heteroatoms. The summed E-state index contributed by atoms with van der Waals surface area (Å²) >= 11 is 7.63. The summed E-state index contributed by atoms with van der Waals surface area (Å²) in [5.41, 5.74) is 2.56. The normalized spacial score (nSPS) is 10.8. The second-order valence-electron chi connectivity index (χ2n) is 5.05. The van der Waals surface area contributed by atoms with E-state index < -0.39 is 0 Å². The van der Waals surface area contributed by atoms with E-state index in [1.165, 1.54) is 0 Å². The summed E-state index contributed by atoms with van der Waals surface area (Å²) in [6.07, 6.45) is 0. The minimum Gasteiger partial charge on any atom is -0.337 e. The molecule has 0 aromatic carbocycles. The SMILES string of the molecule is CC(C)c1cc(C(=O)N(C)Cc2ccsc2)cc(Cl)n1. The van der Waals surface area contributed by atoms with Gasteiger partial charge in [-0.3, -0.25) is 4.79 Å². The first-order valence-corrected chi connectivity index (χ1v) is 7.73. The van der Waals surface area contributed by atoms with E-state index in [1.807, 2.05) is 36.7 Å². The van der Waals surface area contributed by atoms with Crippen LogP contribution >= 0.6 is 22.9 Å². The van der Waals surface area contributed by atoms with Gasteiger partial charge in [0.15, 0.2) is 0 Å². The number of hydrogen-bond acceptors (Lipinski definition) is 3. The molecule has 0 radical (unpaired) electrons. The third-order valence-electron chi connectivity index (χ3n) is 3.00. The molecule has 2 rings (SSSR count). The summed E-state index contributed by atoms with van der Waals surface area (Å²) < 4.78 is 0. The number of rotatable bonds is 4. The molecule has 0 aliphatic carbocycles. The number of carbonyl (C=O) groups is 1. The molecule has 0 N–H and O–H groups in total. The van der Waals surface area contributed by atoms with Gasteiger partial charge < -0.3 is 4.90 Å². The molecule has 0 aliphatic heterocycles. The Kier molecular flexibility index (Phi) is 4.78. The number of hydrogen-bond donors (Lipinski definition) is 0. The van der Waals surface area contributed by atoms with Gasteiger partial charge in [0, 0.05) is 24.8 Å². The first kappa shape index (κ1) is 15.0. The highest BCUT2D eigenvalue weighted by Crippen LogP contribution is 2.19. The van der Waals surface area contributed by atoms with Crippen molar-refractivity contribution < 1.29 is 4.79 Å². The van der Waals surface area contributed by atoms with Crippen molar-refractivity contribution in [3.05, 3.63) is 50.9 Å². The van der Waals surface area contributed by atoms with E-state index in [0.29, 0.717) is 17.3 Å². The smallest absolute Gasteiger partial charge is 0.254 e. The van der Waals surface area contributed by atoms with Crippen molar-refractivity contribution >= 4 is 28.8 Å². The highest BCUT2D eigenvalue weighted by molar-refractivity contribution is 7.07. The monoisotopic (exact) mass is 308 g/mol. The Labute approximate surface area is 128 Å². The second-order valence-corrected chi connectivity index (χ2v) is 6.22. The Morgan fingerprint density at radius 3 is 2.80 bits per heavy atom. The predicted octanol–water partition coefficient (Wildman–Crippen LogP) is 4.19. The second kappa shape index (κ2) is 6.37. The zero-order valence-corrected chi connectivity index (χ0v) is 13.3. The van der Waals surface area contributed by atoms with Crippen LogP contribution in [0.3, 0.4) is 0 Å². The van der Waals surface area contributed by atoms with Crippen LogP contribution in [0.1, 0.15) is 41.4 Å². The predicted molar refractivity (Wildman–Crippen MR) is 83.5 cm³/mol. The highest BCUT2D eigenvalue weighted by Gasteiger charge is 2.15. The van der Waals surface area contributed by atoms with Crippen LogP contribution in [0.4, 0.5) is 0 Å². The molecule has 0 saturated carbocycles. The Bertz CT molecular complexity index is 596. The molecule has 20 heavy (non-hydrogen) atoms. The first-order valence-electron chi connectivity index (χ1n) is 6.41. The fraction of sp³-hybridized carbons (Fsp3) is 0.333. The first-order chi connectivity index (χ1) is 9.47. The van der Waals surface area contributed by atoms with Crippen LogP contribution in [0.5, 0.6) is 0 Å². The molecule has 0 bridgehead atoms. The number of carbonyl (C=O) groups excluding carboxylic acids is 1. The molecule has 0 aliphatic rings. The molecule has 2 aromatic rings. The maximum Gasteiger partial charge on any atom is 0.254 e. The summed E-state index contributed by atoms with van der Waals surface area (Å²) in [6, 6.07) is 5.47. The molecule has 106 valence electrons. The molecule has 0 fully saturated rings. The lowest BCUT2D eigenvalue weighted by molar-refractivity contribution is 0.0785. The molecular weight excluding hydrogens is 292 g/mol. The number of thiophene rings is 1. The van der Waals surface area contributed by atoms with Crippen molar-refractivity contribution in [3.8, 4) is 0 Å². The van der Waals surface area contributed by atoms with E-state index in [0.717, 1.165) is 11.3 Å². The van der Waals surface area contributed by atoms with Crippen LogP contribution in [0.25, 0.3) is 0 Å². The van der Waals surface area contributed by atoms with E-state index in [-0.39, 0.29) is 11.8 Å². The lowest BCUT2D eigenvalue weighted by atomic mass is 10.1. The van der Waals surface area contributed by atoms with Crippen LogP contribution in [-0.2, 0) is 6.54 Å². The zero-order chi connectivity index (χ0) is 14.7. The topological polar surface area (TPSA) is 33.2 Å². The van der Waals surface area contributed by atoms with Gasteiger partial charge in [0.2, 0.25) is 0 Å². The lowest BCUT2D eigenvalue weighted by Crippen LogP contribution is -2.26. The van der Waals surface area contributed by atoms with Crippen molar-refractivity contribution in [3.63, 3.8) is 0 Å². The summed E-state index contributed by atoms with van der Waals surface area (Å²) in [7, 11) is 1.80. The van der Waals surface area contributed by atoms with Crippen molar-refractivity contribution in [1.82, 2.24) is 9.88 Å². The van der Waals surface area contributed by atoms with Gasteiger partial charge >= 0.3 is 0 Å². The summed E-state index contributed by atoms with van der Waals surface area (Å²) in [5.74, 6) is 0.199. The van der Waals surface area contributed by atoms with Gasteiger partial charge in [-0.05, 0) is 40.4 Å². The van der Waals surface area contributed by atoms with Crippen molar-refractivity contribution in [1.29, 1.82) is 0 Å². The lowest BCUT2D eigenvalue weighted by Gasteiger charge is -2.17. The minimum absolute atomic E-state index is 0.0394. The molecule has 0 saturated heterocycles. The standard InChI is InChI=1S/C15H17ClN2OS/c1-10(2)13-6-12(7-14(16)17-13)15(19)18(3)8-11-4-5-20-9-11/h4-7,9-10H,8H2,1-3H3. The molecular formula is C15H17ClN2OS.